The zero-order valence-electron chi connectivity index (χ0n) is 22.3. The Labute approximate surface area is 218 Å². The predicted octanol–water partition coefficient (Wildman–Crippen LogP) is 2.31. The van der Waals surface area contributed by atoms with Gasteiger partial charge in [-0.05, 0) is 32.8 Å². The van der Waals surface area contributed by atoms with Crippen molar-refractivity contribution >= 4 is 17.7 Å². The molecule has 198 valence electrons. The number of rotatable bonds is 4. The van der Waals surface area contributed by atoms with Gasteiger partial charge in [0.25, 0.3) is 0 Å². The number of fused-ring (bicyclic) bond motifs is 2. The molecule has 3 amide bonds. The van der Waals surface area contributed by atoms with Gasteiger partial charge in [-0.25, -0.2) is 0 Å². The van der Waals surface area contributed by atoms with Gasteiger partial charge in [-0.3, -0.25) is 14.4 Å². The van der Waals surface area contributed by atoms with Crippen LogP contribution < -0.4 is 0 Å². The molecule has 0 saturated carbocycles. The third kappa shape index (κ3) is 3.60. The van der Waals surface area contributed by atoms with Gasteiger partial charge >= 0.3 is 0 Å². The summed E-state index contributed by atoms with van der Waals surface area (Å²) in [7, 11) is 1.73. The molecule has 4 aliphatic heterocycles. The minimum absolute atomic E-state index is 0.166. The van der Waals surface area contributed by atoms with Crippen LogP contribution in [0.25, 0.3) is 0 Å². The molecule has 6 atom stereocenters. The fourth-order valence-corrected chi connectivity index (χ4v) is 6.79. The average molecular weight is 508 g/mol. The smallest absolute Gasteiger partial charge is 0.249 e. The van der Waals surface area contributed by atoms with E-state index in [4.69, 9.17) is 4.74 Å². The Bertz CT molecular complexity index is 1160. The van der Waals surface area contributed by atoms with Gasteiger partial charge in [0.05, 0.1) is 30.1 Å². The number of nitrogens with zero attached hydrogens (tertiary/aromatic N) is 3. The van der Waals surface area contributed by atoms with Crippen molar-refractivity contribution in [2.24, 2.45) is 11.8 Å². The summed E-state index contributed by atoms with van der Waals surface area (Å²) in [5, 5.41) is 10.6. The minimum Gasteiger partial charge on any atom is -0.394 e. The van der Waals surface area contributed by atoms with E-state index >= 15 is 0 Å². The van der Waals surface area contributed by atoms with Crippen molar-refractivity contribution in [1.29, 1.82) is 0 Å². The van der Waals surface area contributed by atoms with Crippen LogP contribution in [0.5, 0.6) is 0 Å². The number of amides is 3. The molecular formula is C29H37N3O5. The van der Waals surface area contributed by atoms with Crippen LogP contribution in [0.2, 0.25) is 0 Å². The number of likely N-dealkylation sites (N-methyl/N-ethyl adjacent to an activating group) is 1. The number of hydrogen-bond donors (Lipinski definition) is 1. The van der Waals surface area contributed by atoms with Gasteiger partial charge in [0, 0.05) is 25.7 Å². The van der Waals surface area contributed by atoms with Crippen molar-refractivity contribution in [3.8, 4) is 0 Å². The average Bonchev–Trinajstić information content (AvgIpc) is 3.16. The highest BCUT2D eigenvalue weighted by Gasteiger charge is 2.76. The lowest BCUT2D eigenvalue weighted by molar-refractivity contribution is -0.159. The second-order valence-electron chi connectivity index (χ2n) is 11.6. The lowest BCUT2D eigenvalue weighted by atomic mass is 9.73. The standard InChI is InChI=1S/C29H37N3O5/c1-6-28-14-10-16-30(5)24(34)21(28)22-25(35)32(20(18-33)19-12-8-7-9-13-19)23-26(36)31(27(2,3)4)17-11-15-29(22,23)37-28/h7-15,20-23,33H,6,16-18H2,1-5H3/t20-,21-,22+,23?,28+,29+/m1/s1. The van der Waals surface area contributed by atoms with Crippen molar-refractivity contribution in [2.75, 3.05) is 26.7 Å². The first-order valence-corrected chi connectivity index (χ1v) is 13.1. The number of hydrogen-bond acceptors (Lipinski definition) is 5. The normalized spacial score (nSPS) is 34.3. The lowest BCUT2D eigenvalue weighted by Gasteiger charge is -2.43. The van der Waals surface area contributed by atoms with Gasteiger partial charge < -0.3 is 24.5 Å². The predicted molar refractivity (Wildman–Crippen MR) is 138 cm³/mol. The van der Waals surface area contributed by atoms with E-state index in [9.17, 15) is 19.5 Å². The summed E-state index contributed by atoms with van der Waals surface area (Å²) in [6.45, 7) is 8.27. The van der Waals surface area contributed by atoms with Crippen LogP contribution in [0.4, 0.5) is 0 Å². The molecule has 4 heterocycles. The first-order valence-electron chi connectivity index (χ1n) is 13.1. The van der Waals surface area contributed by atoms with Gasteiger partial charge in [-0.15, -0.1) is 0 Å². The number of aliphatic hydroxyl groups is 1. The molecule has 2 saturated heterocycles. The maximum absolute atomic E-state index is 14.5. The number of ether oxygens (including phenoxy) is 1. The molecule has 1 unspecified atom stereocenters. The van der Waals surface area contributed by atoms with Gasteiger partial charge in [0.2, 0.25) is 17.7 Å². The van der Waals surface area contributed by atoms with Crippen molar-refractivity contribution in [2.45, 2.75) is 62.9 Å². The van der Waals surface area contributed by atoms with Crippen LogP contribution in [0.15, 0.2) is 54.6 Å². The molecule has 37 heavy (non-hydrogen) atoms. The Balaban J connectivity index is 1.74. The van der Waals surface area contributed by atoms with Gasteiger partial charge in [0.1, 0.15) is 11.6 Å². The molecule has 1 aromatic carbocycles. The summed E-state index contributed by atoms with van der Waals surface area (Å²) in [5.41, 5.74) is -2.13. The molecule has 1 spiro atoms. The van der Waals surface area contributed by atoms with E-state index in [1.807, 2.05) is 82.3 Å². The fourth-order valence-electron chi connectivity index (χ4n) is 6.79. The highest BCUT2D eigenvalue weighted by Crippen LogP contribution is 2.59. The van der Waals surface area contributed by atoms with Crippen LogP contribution in [0.1, 0.15) is 45.7 Å². The molecule has 4 aliphatic rings. The molecule has 0 aliphatic carbocycles. The van der Waals surface area contributed by atoms with Gasteiger partial charge in [-0.2, -0.15) is 0 Å². The molecule has 5 rings (SSSR count). The number of carbonyl (C=O) groups is 3. The van der Waals surface area contributed by atoms with Gasteiger partial charge in [0.15, 0.2) is 0 Å². The van der Waals surface area contributed by atoms with Crippen LogP contribution >= 0.6 is 0 Å². The monoisotopic (exact) mass is 507 g/mol. The Kier molecular flexibility index (Phi) is 6.11. The number of benzene rings is 1. The molecule has 0 radical (unpaired) electrons. The summed E-state index contributed by atoms with van der Waals surface area (Å²) in [6.07, 6.45) is 8.08. The molecule has 1 N–H and O–H groups in total. The van der Waals surface area contributed by atoms with Crippen molar-refractivity contribution in [3.05, 3.63) is 60.2 Å². The Morgan fingerprint density at radius 1 is 1.00 bits per heavy atom. The maximum atomic E-state index is 14.5. The molecule has 1 aromatic rings. The van der Waals surface area contributed by atoms with E-state index in [-0.39, 0.29) is 24.3 Å². The summed E-state index contributed by atoms with van der Waals surface area (Å²) < 4.78 is 6.95. The van der Waals surface area contributed by atoms with E-state index in [0.29, 0.717) is 19.5 Å². The van der Waals surface area contributed by atoms with E-state index < -0.39 is 40.7 Å². The first-order chi connectivity index (χ1) is 17.5. The summed E-state index contributed by atoms with van der Waals surface area (Å²) in [5.74, 6) is -2.42. The molecule has 0 aromatic heterocycles. The van der Waals surface area contributed by atoms with Crippen LogP contribution in [-0.2, 0) is 19.1 Å². The van der Waals surface area contributed by atoms with Crippen LogP contribution in [0.3, 0.4) is 0 Å². The number of likely N-dealkylation sites (tertiary alicyclic amines) is 1. The number of aliphatic hydroxyl groups excluding tert-OH is 1. The second kappa shape index (κ2) is 8.81. The van der Waals surface area contributed by atoms with E-state index in [1.54, 1.807) is 16.8 Å². The topological polar surface area (TPSA) is 90.4 Å². The molecular weight excluding hydrogens is 470 g/mol. The van der Waals surface area contributed by atoms with Gasteiger partial charge in [-0.1, -0.05) is 61.6 Å². The Morgan fingerprint density at radius 2 is 1.68 bits per heavy atom. The summed E-state index contributed by atoms with van der Waals surface area (Å²) in [6, 6.07) is 7.47. The molecule has 0 bridgehead atoms. The molecule has 2 fully saturated rings. The highest BCUT2D eigenvalue weighted by atomic mass is 16.5. The zero-order chi connectivity index (χ0) is 26.8. The quantitative estimate of drug-likeness (QED) is 0.632. The summed E-state index contributed by atoms with van der Waals surface area (Å²) >= 11 is 0. The third-order valence-electron chi connectivity index (χ3n) is 8.58. The lowest BCUT2D eigenvalue weighted by Crippen LogP contribution is -2.59. The Morgan fingerprint density at radius 3 is 2.30 bits per heavy atom. The SMILES string of the molecule is CC[C@]12C=CCN(C)C(=O)[C@H]1[C@H]1C(=O)N([C@H](CO)c3ccccc3)C3C(=O)N(C(C)(C)C)CC=C[C@@]31O2. The minimum atomic E-state index is -1.34. The largest absolute Gasteiger partial charge is 0.394 e. The van der Waals surface area contributed by atoms with E-state index in [1.165, 1.54) is 4.90 Å². The molecule has 8 heteroatoms. The summed E-state index contributed by atoms with van der Waals surface area (Å²) in [4.78, 5) is 47.7. The maximum Gasteiger partial charge on any atom is 0.249 e. The second-order valence-corrected chi connectivity index (χ2v) is 11.6. The zero-order valence-corrected chi connectivity index (χ0v) is 22.3. The van der Waals surface area contributed by atoms with Crippen molar-refractivity contribution < 1.29 is 24.2 Å². The van der Waals surface area contributed by atoms with E-state index in [2.05, 4.69) is 0 Å². The van der Waals surface area contributed by atoms with Crippen molar-refractivity contribution in [3.63, 3.8) is 0 Å². The van der Waals surface area contributed by atoms with Crippen LogP contribution in [0, 0.1) is 11.8 Å². The third-order valence-corrected chi connectivity index (χ3v) is 8.58. The van der Waals surface area contributed by atoms with Crippen molar-refractivity contribution in [1.82, 2.24) is 14.7 Å². The molecule has 8 nitrogen and oxygen atoms in total. The first kappa shape index (κ1) is 25.7. The van der Waals surface area contributed by atoms with Crippen LogP contribution in [-0.4, -0.2) is 87.1 Å². The Hall–Kier alpha value is -2.97. The highest BCUT2D eigenvalue weighted by molar-refractivity contribution is 6.00. The fraction of sp³-hybridized carbons (Fsp3) is 0.552. The van der Waals surface area contributed by atoms with E-state index in [0.717, 1.165) is 5.56 Å². The number of carbonyl (C=O) groups excluding carboxylic acids is 3.